The number of carboxylic acid groups (broad SMARTS) is 1. The fourth-order valence-corrected chi connectivity index (χ4v) is 1.83. The third kappa shape index (κ3) is 11.7. The number of nitrogens with one attached hydrogen (secondary N) is 1. The fourth-order valence-electron chi connectivity index (χ4n) is 1.83. The predicted octanol–water partition coefficient (Wildman–Crippen LogP) is 2.12. The first kappa shape index (κ1) is 17.2. The summed E-state index contributed by atoms with van der Waals surface area (Å²) in [6.45, 7) is 2.42. The van der Waals surface area contributed by atoms with Crippen molar-refractivity contribution in [2.45, 2.75) is 70.5 Å². The van der Waals surface area contributed by atoms with Crippen LogP contribution in [0.5, 0.6) is 0 Å². The molecule has 0 aromatic rings. The lowest BCUT2D eigenvalue weighted by Crippen LogP contribution is -2.21. The van der Waals surface area contributed by atoms with Gasteiger partial charge >= 0.3 is 6.09 Å². The molecule has 0 saturated carbocycles. The Morgan fingerprint density at radius 2 is 1.67 bits per heavy atom. The van der Waals surface area contributed by atoms with Gasteiger partial charge in [0.05, 0.1) is 12.2 Å². The molecular weight excluding hydrogens is 234 g/mol. The topological polar surface area (TPSA) is 89.8 Å². The van der Waals surface area contributed by atoms with Crippen LogP contribution in [-0.4, -0.2) is 40.2 Å². The first-order valence-corrected chi connectivity index (χ1v) is 6.89. The molecule has 0 radical (unpaired) electrons. The highest BCUT2D eigenvalue weighted by Crippen LogP contribution is 2.11. The number of carbonyl (C=O) groups is 1. The van der Waals surface area contributed by atoms with Crippen molar-refractivity contribution >= 4 is 6.09 Å². The van der Waals surface area contributed by atoms with Crippen molar-refractivity contribution in [3.8, 4) is 0 Å². The zero-order chi connectivity index (χ0) is 13.8. The van der Waals surface area contributed by atoms with E-state index in [9.17, 15) is 15.0 Å². The van der Waals surface area contributed by atoms with Gasteiger partial charge in [0.2, 0.25) is 0 Å². The normalized spacial score (nSPS) is 14.2. The van der Waals surface area contributed by atoms with Crippen LogP contribution in [0, 0.1) is 0 Å². The zero-order valence-corrected chi connectivity index (χ0v) is 11.3. The Bertz CT molecular complexity index is 211. The van der Waals surface area contributed by atoms with E-state index in [1.165, 1.54) is 0 Å². The molecule has 0 saturated heterocycles. The minimum Gasteiger partial charge on any atom is -0.465 e. The van der Waals surface area contributed by atoms with Gasteiger partial charge in [0, 0.05) is 6.54 Å². The molecule has 0 aliphatic carbocycles. The highest BCUT2D eigenvalue weighted by atomic mass is 16.4. The number of rotatable bonds is 11. The maximum absolute atomic E-state index is 10.2. The summed E-state index contributed by atoms with van der Waals surface area (Å²) >= 11 is 0. The van der Waals surface area contributed by atoms with E-state index < -0.39 is 12.2 Å². The molecule has 0 fully saturated rings. The highest BCUT2D eigenvalue weighted by Gasteiger charge is 2.09. The third-order valence-corrected chi connectivity index (χ3v) is 3.01. The first-order valence-electron chi connectivity index (χ1n) is 6.89. The van der Waals surface area contributed by atoms with Gasteiger partial charge in [0.15, 0.2) is 0 Å². The van der Waals surface area contributed by atoms with E-state index in [1.807, 2.05) is 6.92 Å². The van der Waals surface area contributed by atoms with Crippen LogP contribution in [0.2, 0.25) is 0 Å². The summed E-state index contributed by atoms with van der Waals surface area (Å²) in [5.41, 5.74) is 0. The van der Waals surface area contributed by atoms with Gasteiger partial charge in [-0.2, -0.15) is 0 Å². The average molecular weight is 261 g/mol. The van der Waals surface area contributed by atoms with Crippen LogP contribution in [0.1, 0.15) is 58.3 Å². The number of hydrogen-bond donors (Lipinski definition) is 4. The molecule has 0 rings (SSSR count). The van der Waals surface area contributed by atoms with Crippen LogP contribution in [0.3, 0.4) is 0 Å². The van der Waals surface area contributed by atoms with Crippen molar-refractivity contribution < 1.29 is 20.1 Å². The maximum Gasteiger partial charge on any atom is 0.404 e. The number of aliphatic hydroxyl groups is 2. The van der Waals surface area contributed by atoms with E-state index in [2.05, 4.69) is 5.32 Å². The molecule has 1 amide bonds. The van der Waals surface area contributed by atoms with Gasteiger partial charge in [-0.3, -0.25) is 0 Å². The van der Waals surface area contributed by atoms with Crippen molar-refractivity contribution in [1.29, 1.82) is 0 Å². The summed E-state index contributed by atoms with van der Waals surface area (Å²) in [6, 6.07) is 0. The minimum absolute atomic E-state index is 0.387. The Morgan fingerprint density at radius 3 is 2.28 bits per heavy atom. The maximum atomic E-state index is 10.2. The van der Waals surface area contributed by atoms with E-state index in [0.717, 1.165) is 38.5 Å². The Labute approximate surface area is 109 Å². The third-order valence-electron chi connectivity index (χ3n) is 3.01. The van der Waals surface area contributed by atoms with Crippen LogP contribution in [0.15, 0.2) is 0 Å². The van der Waals surface area contributed by atoms with Crippen LogP contribution in [-0.2, 0) is 0 Å². The Kier molecular flexibility index (Phi) is 10.8. The quantitative estimate of drug-likeness (QED) is 0.429. The summed E-state index contributed by atoms with van der Waals surface area (Å²) in [6.07, 6.45) is 5.10. The Balaban J connectivity index is 3.22. The highest BCUT2D eigenvalue weighted by molar-refractivity contribution is 5.64. The van der Waals surface area contributed by atoms with E-state index in [-0.39, 0.29) is 6.10 Å². The molecule has 2 atom stereocenters. The molecule has 4 N–H and O–H groups in total. The Morgan fingerprint density at radius 1 is 1.06 bits per heavy atom. The molecular formula is C13H27NO4. The molecule has 0 aromatic heterocycles. The standard InChI is InChI=1S/C13H27NO4/c1-2-11(15)10-12(16)8-6-4-3-5-7-9-14-13(17)18/h11-12,14-16H,2-10H2,1H3,(H,17,18). The summed E-state index contributed by atoms with van der Waals surface area (Å²) in [5, 5.41) is 29.7. The zero-order valence-electron chi connectivity index (χ0n) is 11.3. The van der Waals surface area contributed by atoms with E-state index >= 15 is 0 Å². The van der Waals surface area contributed by atoms with Crippen molar-refractivity contribution in [3.05, 3.63) is 0 Å². The van der Waals surface area contributed by atoms with Gasteiger partial charge in [0.25, 0.3) is 0 Å². The molecule has 5 heteroatoms. The molecule has 0 aromatic carbocycles. The van der Waals surface area contributed by atoms with Crippen molar-refractivity contribution in [2.24, 2.45) is 0 Å². The molecule has 0 aliphatic rings. The van der Waals surface area contributed by atoms with Crippen LogP contribution >= 0.6 is 0 Å². The largest absolute Gasteiger partial charge is 0.465 e. The van der Waals surface area contributed by atoms with Gasteiger partial charge in [-0.1, -0.05) is 32.6 Å². The van der Waals surface area contributed by atoms with Crippen LogP contribution < -0.4 is 5.32 Å². The van der Waals surface area contributed by atoms with Gasteiger partial charge in [-0.05, 0) is 25.7 Å². The summed E-state index contributed by atoms with van der Waals surface area (Å²) < 4.78 is 0. The molecule has 0 heterocycles. The van der Waals surface area contributed by atoms with Crippen molar-refractivity contribution in [2.75, 3.05) is 6.54 Å². The lowest BCUT2D eigenvalue weighted by Gasteiger charge is -2.13. The van der Waals surface area contributed by atoms with Gasteiger partial charge in [-0.25, -0.2) is 4.79 Å². The average Bonchev–Trinajstić information content (AvgIpc) is 2.31. The van der Waals surface area contributed by atoms with Crippen LogP contribution in [0.25, 0.3) is 0 Å². The molecule has 2 unspecified atom stereocenters. The fraction of sp³-hybridized carbons (Fsp3) is 0.923. The number of hydrogen-bond acceptors (Lipinski definition) is 3. The Hall–Kier alpha value is -0.810. The summed E-state index contributed by atoms with van der Waals surface area (Å²) in [4.78, 5) is 10.2. The predicted molar refractivity (Wildman–Crippen MR) is 70.7 cm³/mol. The number of aliphatic hydroxyl groups excluding tert-OH is 2. The number of unbranched alkanes of at least 4 members (excludes halogenated alkanes) is 4. The molecule has 0 spiro atoms. The second-order valence-corrected chi connectivity index (χ2v) is 4.74. The van der Waals surface area contributed by atoms with Gasteiger partial charge in [-0.15, -0.1) is 0 Å². The molecule has 5 nitrogen and oxygen atoms in total. The second kappa shape index (κ2) is 11.3. The van der Waals surface area contributed by atoms with Crippen LogP contribution in [0.4, 0.5) is 4.79 Å². The monoisotopic (exact) mass is 261 g/mol. The second-order valence-electron chi connectivity index (χ2n) is 4.74. The molecule has 108 valence electrons. The van der Waals surface area contributed by atoms with E-state index in [1.54, 1.807) is 0 Å². The van der Waals surface area contributed by atoms with Gasteiger partial charge < -0.3 is 20.6 Å². The van der Waals surface area contributed by atoms with E-state index in [0.29, 0.717) is 19.4 Å². The lowest BCUT2D eigenvalue weighted by atomic mass is 10.0. The number of amides is 1. The lowest BCUT2D eigenvalue weighted by molar-refractivity contribution is 0.0721. The summed E-state index contributed by atoms with van der Waals surface area (Å²) in [5.74, 6) is 0. The summed E-state index contributed by atoms with van der Waals surface area (Å²) in [7, 11) is 0. The smallest absolute Gasteiger partial charge is 0.404 e. The SMILES string of the molecule is CCC(O)CC(O)CCCCCCCNC(=O)O. The van der Waals surface area contributed by atoms with Gasteiger partial charge in [0.1, 0.15) is 0 Å². The first-order chi connectivity index (χ1) is 8.56. The molecule has 18 heavy (non-hydrogen) atoms. The minimum atomic E-state index is -0.965. The molecule has 0 bridgehead atoms. The van der Waals surface area contributed by atoms with Crippen molar-refractivity contribution in [1.82, 2.24) is 5.32 Å². The van der Waals surface area contributed by atoms with Crippen molar-refractivity contribution in [3.63, 3.8) is 0 Å². The van der Waals surface area contributed by atoms with E-state index in [4.69, 9.17) is 5.11 Å². The molecule has 0 aliphatic heterocycles.